The first kappa shape index (κ1) is 15.8. The van der Waals surface area contributed by atoms with Crippen LogP contribution in [0.2, 0.25) is 0 Å². The number of amides is 2. The number of urea groups is 1. The van der Waals surface area contributed by atoms with E-state index in [2.05, 4.69) is 34.4 Å². The highest BCUT2D eigenvalue weighted by Gasteiger charge is 2.22. The first-order chi connectivity index (χ1) is 11.1. The monoisotopic (exact) mass is 316 g/mol. The van der Waals surface area contributed by atoms with Gasteiger partial charge in [-0.1, -0.05) is 26.0 Å². The number of aromatic amines is 1. The maximum absolute atomic E-state index is 12.2. The Bertz CT molecular complexity index is 628. The van der Waals surface area contributed by atoms with Crippen molar-refractivity contribution < 1.29 is 9.53 Å². The van der Waals surface area contributed by atoms with Gasteiger partial charge in [0.25, 0.3) is 0 Å². The number of nitrogens with one attached hydrogen (secondary N) is 3. The molecule has 0 bridgehead atoms. The van der Waals surface area contributed by atoms with Crippen molar-refractivity contribution >= 4 is 17.1 Å². The molecule has 1 aromatic heterocycles. The summed E-state index contributed by atoms with van der Waals surface area (Å²) in [7, 11) is 0. The molecule has 2 atom stereocenters. The summed E-state index contributed by atoms with van der Waals surface area (Å²) in [5.41, 5.74) is 1.90. The van der Waals surface area contributed by atoms with Gasteiger partial charge in [-0.3, -0.25) is 0 Å². The highest BCUT2D eigenvalue weighted by molar-refractivity contribution is 5.76. The number of H-pyrrole nitrogens is 1. The normalized spacial score (nSPS) is 19.2. The van der Waals surface area contributed by atoms with Gasteiger partial charge in [-0.2, -0.15) is 0 Å². The molecule has 124 valence electrons. The van der Waals surface area contributed by atoms with E-state index in [1.54, 1.807) is 0 Å². The second kappa shape index (κ2) is 7.00. The first-order valence-corrected chi connectivity index (χ1v) is 8.20. The lowest BCUT2D eigenvalue weighted by Gasteiger charge is -2.21. The van der Waals surface area contributed by atoms with Crippen LogP contribution in [-0.2, 0) is 4.74 Å². The molecule has 2 aromatic rings. The Kier molecular flexibility index (Phi) is 4.81. The summed E-state index contributed by atoms with van der Waals surface area (Å²) < 4.78 is 5.32. The molecule has 2 unspecified atom stereocenters. The molecule has 0 saturated carbocycles. The van der Waals surface area contributed by atoms with Gasteiger partial charge in [-0.15, -0.1) is 0 Å². The molecule has 1 saturated heterocycles. The van der Waals surface area contributed by atoms with Crippen LogP contribution in [0, 0.1) is 11.8 Å². The van der Waals surface area contributed by atoms with E-state index < -0.39 is 0 Å². The van der Waals surface area contributed by atoms with Crippen LogP contribution in [0.5, 0.6) is 0 Å². The van der Waals surface area contributed by atoms with Crippen molar-refractivity contribution in [2.24, 2.45) is 11.8 Å². The van der Waals surface area contributed by atoms with Crippen molar-refractivity contribution in [1.82, 2.24) is 20.6 Å². The summed E-state index contributed by atoms with van der Waals surface area (Å²) in [5.74, 6) is 1.45. The fourth-order valence-electron chi connectivity index (χ4n) is 2.84. The average Bonchev–Trinajstić information content (AvgIpc) is 3.19. The number of carbonyl (C=O) groups is 1. The number of nitrogens with zero attached hydrogens (tertiary/aromatic N) is 1. The Labute approximate surface area is 136 Å². The molecule has 6 heteroatoms. The molecule has 1 aliphatic heterocycles. The van der Waals surface area contributed by atoms with Gasteiger partial charge in [0.1, 0.15) is 5.82 Å². The minimum Gasteiger partial charge on any atom is -0.381 e. The predicted octanol–water partition coefficient (Wildman–Crippen LogP) is 2.60. The molecule has 0 radical (unpaired) electrons. The Hall–Kier alpha value is -2.08. The molecule has 2 heterocycles. The van der Waals surface area contributed by atoms with Gasteiger partial charge in [-0.25, -0.2) is 9.78 Å². The van der Waals surface area contributed by atoms with Crippen molar-refractivity contribution in [3.8, 4) is 0 Å². The largest absolute Gasteiger partial charge is 0.381 e. The molecule has 1 fully saturated rings. The molecule has 1 aliphatic rings. The maximum atomic E-state index is 12.2. The smallest absolute Gasteiger partial charge is 0.315 e. The van der Waals surface area contributed by atoms with Gasteiger partial charge in [0.05, 0.1) is 23.7 Å². The van der Waals surface area contributed by atoms with E-state index in [0.717, 1.165) is 36.5 Å². The SMILES string of the molecule is CC(C)C(NC(=O)NCC1CCOC1)c1nc2ccccc2[nH]1. The van der Waals surface area contributed by atoms with Crippen LogP contribution in [0.4, 0.5) is 4.79 Å². The third-order valence-corrected chi connectivity index (χ3v) is 4.23. The Morgan fingerprint density at radius 1 is 1.43 bits per heavy atom. The zero-order valence-corrected chi connectivity index (χ0v) is 13.6. The van der Waals surface area contributed by atoms with E-state index in [1.807, 2.05) is 24.3 Å². The Morgan fingerprint density at radius 2 is 2.26 bits per heavy atom. The molecular formula is C17H24N4O2. The number of hydrogen-bond acceptors (Lipinski definition) is 3. The number of fused-ring (bicyclic) bond motifs is 1. The lowest BCUT2D eigenvalue weighted by Crippen LogP contribution is -2.42. The lowest BCUT2D eigenvalue weighted by molar-refractivity contribution is 0.184. The van der Waals surface area contributed by atoms with E-state index >= 15 is 0 Å². The highest BCUT2D eigenvalue weighted by Crippen LogP contribution is 2.22. The predicted molar refractivity (Wildman–Crippen MR) is 89.1 cm³/mol. The van der Waals surface area contributed by atoms with Crippen molar-refractivity contribution in [1.29, 1.82) is 0 Å². The minimum atomic E-state index is -0.156. The minimum absolute atomic E-state index is 0.151. The van der Waals surface area contributed by atoms with E-state index in [1.165, 1.54) is 0 Å². The van der Waals surface area contributed by atoms with E-state index in [-0.39, 0.29) is 18.0 Å². The van der Waals surface area contributed by atoms with Gasteiger partial charge in [0.15, 0.2) is 0 Å². The summed E-state index contributed by atoms with van der Waals surface area (Å²) in [6.45, 7) is 6.32. The Morgan fingerprint density at radius 3 is 2.96 bits per heavy atom. The number of imidazole rings is 1. The first-order valence-electron chi connectivity index (χ1n) is 8.20. The average molecular weight is 316 g/mol. The zero-order chi connectivity index (χ0) is 16.2. The topological polar surface area (TPSA) is 79.0 Å². The van der Waals surface area contributed by atoms with Crippen molar-refractivity contribution in [2.75, 3.05) is 19.8 Å². The van der Waals surface area contributed by atoms with Crippen LogP contribution in [0.1, 0.15) is 32.1 Å². The fourth-order valence-corrected chi connectivity index (χ4v) is 2.84. The number of para-hydroxylation sites is 2. The zero-order valence-electron chi connectivity index (χ0n) is 13.6. The summed E-state index contributed by atoms with van der Waals surface area (Å²) in [6, 6.07) is 7.58. The summed E-state index contributed by atoms with van der Waals surface area (Å²) in [5, 5.41) is 5.97. The van der Waals surface area contributed by atoms with Crippen LogP contribution in [0.25, 0.3) is 11.0 Å². The van der Waals surface area contributed by atoms with Gasteiger partial charge < -0.3 is 20.4 Å². The maximum Gasteiger partial charge on any atom is 0.315 e. The van der Waals surface area contributed by atoms with E-state index in [9.17, 15) is 4.79 Å². The molecule has 6 nitrogen and oxygen atoms in total. The molecule has 23 heavy (non-hydrogen) atoms. The number of rotatable bonds is 5. The molecule has 3 rings (SSSR count). The lowest BCUT2D eigenvalue weighted by atomic mass is 10.0. The van der Waals surface area contributed by atoms with Gasteiger partial charge in [0.2, 0.25) is 0 Å². The van der Waals surface area contributed by atoms with E-state index in [0.29, 0.717) is 12.5 Å². The Balaban J connectivity index is 1.64. The molecule has 2 amide bonds. The van der Waals surface area contributed by atoms with Crippen LogP contribution in [0.3, 0.4) is 0 Å². The van der Waals surface area contributed by atoms with Crippen LogP contribution >= 0.6 is 0 Å². The molecule has 0 aliphatic carbocycles. The highest BCUT2D eigenvalue weighted by atomic mass is 16.5. The van der Waals surface area contributed by atoms with Crippen molar-refractivity contribution in [2.45, 2.75) is 26.3 Å². The molecule has 3 N–H and O–H groups in total. The summed E-state index contributed by atoms with van der Waals surface area (Å²) >= 11 is 0. The molecular weight excluding hydrogens is 292 g/mol. The number of aromatic nitrogens is 2. The number of carbonyl (C=O) groups excluding carboxylic acids is 1. The van der Waals surface area contributed by atoms with Crippen molar-refractivity contribution in [3.05, 3.63) is 30.1 Å². The quantitative estimate of drug-likeness (QED) is 0.793. The molecule has 0 spiro atoms. The third-order valence-electron chi connectivity index (χ3n) is 4.23. The van der Waals surface area contributed by atoms with Crippen LogP contribution in [0.15, 0.2) is 24.3 Å². The summed E-state index contributed by atoms with van der Waals surface area (Å²) in [4.78, 5) is 20.1. The number of ether oxygens (including phenoxy) is 1. The van der Waals surface area contributed by atoms with Crippen LogP contribution < -0.4 is 10.6 Å². The van der Waals surface area contributed by atoms with Crippen LogP contribution in [-0.4, -0.2) is 35.8 Å². The van der Waals surface area contributed by atoms with Gasteiger partial charge >= 0.3 is 6.03 Å². The standard InChI is InChI=1S/C17H24N4O2/c1-11(2)15(16-19-13-5-3-4-6-14(13)20-16)21-17(22)18-9-12-7-8-23-10-12/h3-6,11-12,15H,7-10H2,1-2H3,(H,19,20)(H2,18,21,22). The number of benzene rings is 1. The fraction of sp³-hybridized carbons (Fsp3) is 0.529. The second-order valence-corrected chi connectivity index (χ2v) is 6.44. The van der Waals surface area contributed by atoms with Crippen molar-refractivity contribution in [3.63, 3.8) is 0 Å². The van der Waals surface area contributed by atoms with E-state index in [4.69, 9.17) is 4.74 Å². The molecule has 1 aromatic carbocycles. The second-order valence-electron chi connectivity index (χ2n) is 6.44. The third kappa shape index (κ3) is 3.82. The van der Waals surface area contributed by atoms with Gasteiger partial charge in [0, 0.05) is 19.1 Å². The number of hydrogen-bond donors (Lipinski definition) is 3. The van der Waals surface area contributed by atoms with Gasteiger partial charge in [-0.05, 0) is 24.5 Å². The summed E-state index contributed by atoms with van der Waals surface area (Å²) in [6.07, 6.45) is 1.01.